The maximum Gasteiger partial charge on any atom is 0.0681 e. The SMILES string of the molecule is NN/C=C(\N)c1ccc(CO)cc1. The summed E-state index contributed by atoms with van der Waals surface area (Å²) in [5.74, 6) is 5.08. The Kier molecular flexibility index (Phi) is 3.31. The molecular weight excluding hydrogens is 166 g/mol. The second kappa shape index (κ2) is 4.49. The summed E-state index contributed by atoms with van der Waals surface area (Å²) in [5.41, 5.74) is 10.3. The standard InChI is InChI=1S/C9H13N3O/c10-9(5-12-11)8-3-1-7(6-13)2-4-8/h1-5,12-13H,6,10-11H2/b9-5-. The fraction of sp³-hybridized carbons (Fsp3) is 0.111. The molecule has 4 nitrogen and oxygen atoms in total. The molecule has 1 aromatic carbocycles. The van der Waals surface area contributed by atoms with Crippen molar-refractivity contribution >= 4 is 5.70 Å². The van der Waals surface area contributed by atoms with E-state index in [4.69, 9.17) is 16.7 Å². The number of rotatable bonds is 3. The minimum atomic E-state index is 0.0407. The van der Waals surface area contributed by atoms with Gasteiger partial charge in [-0.1, -0.05) is 24.3 Å². The van der Waals surface area contributed by atoms with Crippen LogP contribution in [0, 0.1) is 0 Å². The van der Waals surface area contributed by atoms with E-state index in [0.717, 1.165) is 11.1 Å². The van der Waals surface area contributed by atoms with Crippen molar-refractivity contribution in [3.8, 4) is 0 Å². The average molecular weight is 179 g/mol. The molecular formula is C9H13N3O. The fourth-order valence-electron chi connectivity index (χ4n) is 0.976. The van der Waals surface area contributed by atoms with Crippen molar-refractivity contribution in [2.24, 2.45) is 11.6 Å². The van der Waals surface area contributed by atoms with E-state index in [9.17, 15) is 0 Å². The topological polar surface area (TPSA) is 84.3 Å². The van der Waals surface area contributed by atoms with E-state index in [1.165, 1.54) is 6.20 Å². The minimum absolute atomic E-state index is 0.0407. The van der Waals surface area contributed by atoms with Crippen LogP contribution in [-0.2, 0) is 6.61 Å². The first-order valence-electron chi connectivity index (χ1n) is 3.90. The summed E-state index contributed by atoms with van der Waals surface area (Å²) < 4.78 is 0. The Morgan fingerprint density at radius 3 is 2.46 bits per heavy atom. The van der Waals surface area contributed by atoms with E-state index in [0.29, 0.717) is 5.70 Å². The lowest BCUT2D eigenvalue weighted by Crippen LogP contribution is -2.16. The highest BCUT2D eigenvalue weighted by Crippen LogP contribution is 2.09. The quantitative estimate of drug-likeness (QED) is 0.385. The summed E-state index contributed by atoms with van der Waals surface area (Å²) in [5, 5.41) is 8.79. The second-order valence-electron chi connectivity index (χ2n) is 2.62. The third kappa shape index (κ3) is 2.47. The van der Waals surface area contributed by atoms with Gasteiger partial charge in [-0.2, -0.15) is 0 Å². The molecule has 0 amide bonds. The van der Waals surface area contributed by atoms with Crippen molar-refractivity contribution in [3.05, 3.63) is 41.6 Å². The van der Waals surface area contributed by atoms with Crippen LogP contribution in [0.3, 0.4) is 0 Å². The highest BCUT2D eigenvalue weighted by molar-refractivity contribution is 5.62. The monoisotopic (exact) mass is 179 g/mol. The summed E-state index contributed by atoms with van der Waals surface area (Å²) in [6.07, 6.45) is 1.51. The lowest BCUT2D eigenvalue weighted by Gasteiger charge is -2.02. The van der Waals surface area contributed by atoms with E-state index < -0.39 is 0 Å². The van der Waals surface area contributed by atoms with Gasteiger partial charge >= 0.3 is 0 Å². The van der Waals surface area contributed by atoms with Gasteiger partial charge in [-0.15, -0.1) is 0 Å². The van der Waals surface area contributed by atoms with Crippen molar-refractivity contribution in [1.29, 1.82) is 0 Å². The first-order valence-corrected chi connectivity index (χ1v) is 3.90. The molecule has 0 radical (unpaired) electrons. The Balaban J connectivity index is 2.85. The third-order valence-corrected chi connectivity index (χ3v) is 1.71. The van der Waals surface area contributed by atoms with Gasteiger partial charge in [0.1, 0.15) is 0 Å². The zero-order chi connectivity index (χ0) is 9.68. The molecule has 13 heavy (non-hydrogen) atoms. The Morgan fingerprint density at radius 1 is 1.38 bits per heavy atom. The Bertz CT molecular complexity index is 292. The van der Waals surface area contributed by atoms with Crippen molar-refractivity contribution in [2.45, 2.75) is 6.61 Å². The maximum absolute atomic E-state index is 8.79. The summed E-state index contributed by atoms with van der Waals surface area (Å²) in [7, 11) is 0. The summed E-state index contributed by atoms with van der Waals surface area (Å²) in [6, 6.07) is 7.28. The zero-order valence-electron chi connectivity index (χ0n) is 7.20. The van der Waals surface area contributed by atoms with Crippen molar-refractivity contribution in [1.82, 2.24) is 5.43 Å². The van der Waals surface area contributed by atoms with Crippen molar-refractivity contribution < 1.29 is 5.11 Å². The maximum atomic E-state index is 8.79. The van der Waals surface area contributed by atoms with Crippen molar-refractivity contribution in [2.75, 3.05) is 0 Å². The Morgan fingerprint density at radius 2 is 2.00 bits per heavy atom. The van der Waals surface area contributed by atoms with E-state index in [1.807, 2.05) is 24.3 Å². The minimum Gasteiger partial charge on any atom is -0.397 e. The molecule has 0 aliphatic rings. The van der Waals surface area contributed by atoms with Crippen LogP contribution in [-0.4, -0.2) is 5.11 Å². The van der Waals surface area contributed by atoms with E-state index >= 15 is 0 Å². The number of hydrogen-bond donors (Lipinski definition) is 4. The normalized spacial score (nSPS) is 11.4. The average Bonchev–Trinajstić information content (AvgIpc) is 2.18. The second-order valence-corrected chi connectivity index (χ2v) is 2.62. The van der Waals surface area contributed by atoms with E-state index in [1.54, 1.807) is 0 Å². The van der Waals surface area contributed by atoms with Gasteiger partial charge in [-0.05, 0) is 11.1 Å². The van der Waals surface area contributed by atoms with Crippen LogP contribution >= 0.6 is 0 Å². The number of hydrazine groups is 1. The van der Waals surface area contributed by atoms with Gasteiger partial charge in [0.25, 0.3) is 0 Å². The van der Waals surface area contributed by atoms with Gasteiger partial charge in [0.15, 0.2) is 0 Å². The highest BCUT2D eigenvalue weighted by Gasteiger charge is 1.95. The van der Waals surface area contributed by atoms with E-state index in [-0.39, 0.29) is 6.61 Å². The molecule has 0 aliphatic heterocycles. The number of aliphatic hydroxyl groups is 1. The lowest BCUT2D eigenvalue weighted by molar-refractivity contribution is 0.282. The van der Waals surface area contributed by atoms with Crippen LogP contribution in [0.25, 0.3) is 5.70 Å². The molecule has 70 valence electrons. The smallest absolute Gasteiger partial charge is 0.0681 e. The van der Waals surface area contributed by atoms with Crippen molar-refractivity contribution in [3.63, 3.8) is 0 Å². The lowest BCUT2D eigenvalue weighted by atomic mass is 10.1. The molecule has 0 saturated carbocycles. The molecule has 0 unspecified atom stereocenters. The van der Waals surface area contributed by atoms with Crippen LogP contribution in [0.15, 0.2) is 30.5 Å². The molecule has 0 fully saturated rings. The molecule has 0 atom stereocenters. The predicted molar refractivity (Wildman–Crippen MR) is 51.9 cm³/mol. The first kappa shape index (κ1) is 9.57. The third-order valence-electron chi connectivity index (χ3n) is 1.71. The Labute approximate surface area is 76.8 Å². The molecule has 6 N–H and O–H groups in total. The van der Waals surface area contributed by atoms with Gasteiger partial charge in [0, 0.05) is 6.20 Å². The molecule has 4 heteroatoms. The van der Waals surface area contributed by atoms with Gasteiger partial charge in [0.05, 0.1) is 12.3 Å². The number of nitrogens with two attached hydrogens (primary N) is 2. The molecule has 1 aromatic rings. The first-order chi connectivity index (χ1) is 6.27. The Hall–Kier alpha value is -1.52. The van der Waals surface area contributed by atoms with Gasteiger partial charge in [-0.3, -0.25) is 5.84 Å². The molecule has 1 rings (SSSR count). The number of hydrogen-bond acceptors (Lipinski definition) is 4. The molecule has 0 heterocycles. The van der Waals surface area contributed by atoms with Crippen LogP contribution in [0.4, 0.5) is 0 Å². The highest BCUT2D eigenvalue weighted by atomic mass is 16.3. The van der Waals surface area contributed by atoms with Gasteiger partial charge < -0.3 is 16.3 Å². The van der Waals surface area contributed by atoms with Gasteiger partial charge in [-0.25, -0.2) is 0 Å². The predicted octanol–water partition coefficient (Wildman–Crippen LogP) is -0.101. The number of aliphatic hydroxyl groups excluding tert-OH is 1. The number of nitrogens with one attached hydrogen (secondary N) is 1. The molecule has 0 bridgehead atoms. The van der Waals surface area contributed by atoms with E-state index in [2.05, 4.69) is 5.43 Å². The zero-order valence-corrected chi connectivity index (χ0v) is 7.20. The molecule has 0 aliphatic carbocycles. The van der Waals surface area contributed by atoms with Gasteiger partial charge in [0.2, 0.25) is 0 Å². The molecule has 0 spiro atoms. The van der Waals surface area contributed by atoms with Crippen LogP contribution in [0.5, 0.6) is 0 Å². The van der Waals surface area contributed by atoms with Crippen LogP contribution in [0.1, 0.15) is 11.1 Å². The molecule has 0 saturated heterocycles. The fourth-order valence-corrected chi connectivity index (χ4v) is 0.976. The number of benzene rings is 1. The summed E-state index contributed by atoms with van der Waals surface area (Å²) in [4.78, 5) is 0. The largest absolute Gasteiger partial charge is 0.397 e. The summed E-state index contributed by atoms with van der Waals surface area (Å²) >= 11 is 0. The van der Waals surface area contributed by atoms with Crippen LogP contribution < -0.4 is 17.0 Å². The summed E-state index contributed by atoms with van der Waals surface area (Å²) in [6.45, 7) is 0.0407. The molecule has 0 aromatic heterocycles. The van der Waals surface area contributed by atoms with Crippen LogP contribution in [0.2, 0.25) is 0 Å².